The Morgan fingerprint density at radius 2 is 1.83 bits per heavy atom. The van der Waals surface area contributed by atoms with E-state index in [-0.39, 0.29) is 5.60 Å². The van der Waals surface area contributed by atoms with Crippen LogP contribution in [-0.2, 0) is 17.4 Å². The number of ether oxygens (including phenoxy) is 1. The Balaban J connectivity index is 2.33. The van der Waals surface area contributed by atoms with Gasteiger partial charge in [0.2, 0.25) is 0 Å². The van der Waals surface area contributed by atoms with Gasteiger partial charge in [-0.2, -0.15) is 5.10 Å². The first-order chi connectivity index (χ1) is 8.44. The summed E-state index contributed by atoms with van der Waals surface area (Å²) in [4.78, 5) is 0. The minimum Gasteiger partial charge on any atom is -0.384 e. The zero-order valence-electron chi connectivity index (χ0n) is 11.3. The topological polar surface area (TPSA) is 53.1 Å². The summed E-state index contributed by atoms with van der Waals surface area (Å²) in [6.45, 7) is 4.08. The average molecular weight is 245 g/mol. The number of nitrogens with zero attached hydrogens (tertiary/aromatic N) is 2. The molecule has 0 atom stereocenters. The van der Waals surface area contributed by atoms with Crippen molar-refractivity contribution in [1.82, 2.24) is 9.78 Å². The molecular formula is C14H19N3O. The van der Waals surface area contributed by atoms with Crippen molar-refractivity contribution >= 4 is 5.82 Å². The van der Waals surface area contributed by atoms with Crippen LogP contribution >= 0.6 is 0 Å². The van der Waals surface area contributed by atoms with E-state index in [1.807, 2.05) is 39.1 Å². The molecule has 96 valence electrons. The van der Waals surface area contributed by atoms with E-state index in [0.717, 1.165) is 16.8 Å². The summed E-state index contributed by atoms with van der Waals surface area (Å²) in [7, 11) is 3.55. The molecule has 1 aromatic carbocycles. The van der Waals surface area contributed by atoms with Crippen LogP contribution in [0.15, 0.2) is 30.3 Å². The van der Waals surface area contributed by atoms with Crippen LogP contribution in [0.5, 0.6) is 0 Å². The van der Waals surface area contributed by atoms with E-state index >= 15 is 0 Å². The number of aromatic nitrogens is 2. The monoisotopic (exact) mass is 245 g/mol. The minimum absolute atomic E-state index is 0.276. The van der Waals surface area contributed by atoms with E-state index in [9.17, 15) is 0 Å². The first-order valence-electron chi connectivity index (χ1n) is 5.89. The fourth-order valence-electron chi connectivity index (χ4n) is 1.78. The van der Waals surface area contributed by atoms with Crippen LogP contribution in [0.25, 0.3) is 11.3 Å². The molecule has 2 aromatic rings. The van der Waals surface area contributed by atoms with Gasteiger partial charge in [-0.05, 0) is 19.4 Å². The van der Waals surface area contributed by atoms with Gasteiger partial charge in [0.1, 0.15) is 5.82 Å². The molecule has 0 aliphatic heterocycles. The van der Waals surface area contributed by atoms with Gasteiger partial charge in [0, 0.05) is 25.8 Å². The highest BCUT2D eigenvalue weighted by molar-refractivity contribution is 5.62. The molecule has 0 aliphatic carbocycles. The largest absolute Gasteiger partial charge is 0.384 e. The minimum atomic E-state index is -0.276. The average Bonchev–Trinajstić information content (AvgIpc) is 2.70. The molecule has 0 unspecified atom stereocenters. The number of methoxy groups -OCH3 is 1. The Kier molecular flexibility index (Phi) is 3.13. The van der Waals surface area contributed by atoms with Gasteiger partial charge < -0.3 is 10.5 Å². The number of hydrogen-bond donors (Lipinski definition) is 1. The Bertz CT molecular complexity index is 521. The first kappa shape index (κ1) is 12.6. The third-order valence-electron chi connectivity index (χ3n) is 3.30. The number of benzene rings is 1. The zero-order chi connectivity index (χ0) is 13.3. The molecule has 4 heteroatoms. The van der Waals surface area contributed by atoms with Crippen LogP contribution in [0.2, 0.25) is 0 Å². The lowest BCUT2D eigenvalue weighted by Crippen LogP contribution is -2.19. The summed E-state index contributed by atoms with van der Waals surface area (Å²) < 4.78 is 7.12. The van der Waals surface area contributed by atoms with Crippen LogP contribution in [0, 0.1) is 0 Å². The summed E-state index contributed by atoms with van der Waals surface area (Å²) in [6.07, 6.45) is 0. The normalized spacial score (nSPS) is 11.8. The lowest BCUT2D eigenvalue weighted by Gasteiger charge is -2.23. The molecule has 2 rings (SSSR count). The second kappa shape index (κ2) is 4.46. The molecule has 0 saturated carbocycles. The Hall–Kier alpha value is -1.81. The Morgan fingerprint density at radius 3 is 2.28 bits per heavy atom. The number of rotatable bonds is 3. The van der Waals surface area contributed by atoms with Crippen LogP contribution < -0.4 is 5.73 Å². The van der Waals surface area contributed by atoms with Crippen molar-refractivity contribution in [1.29, 1.82) is 0 Å². The SMILES string of the molecule is COC(C)(C)c1ccc(-c2cc(N)n(C)n2)cc1. The van der Waals surface area contributed by atoms with Crippen LogP contribution in [0.1, 0.15) is 19.4 Å². The number of aryl methyl sites for hydroxylation is 1. The van der Waals surface area contributed by atoms with Gasteiger partial charge in [0.25, 0.3) is 0 Å². The van der Waals surface area contributed by atoms with Gasteiger partial charge in [-0.1, -0.05) is 24.3 Å². The Morgan fingerprint density at radius 1 is 1.22 bits per heavy atom. The van der Waals surface area contributed by atoms with E-state index in [1.165, 1.54) is 0 Å². The molecule has 0 saturated heterocycles. The maximum absolute atomic E-state index is 5.78. The molecule has 0 bridgehead atoms. The highest BCUT2D eigenvalue weighted by atomic mass is 16.5. The first-order valence-corrected chi connectivity index (χ1v) is 5.89. The van der Waals surface area contributed by atoms with Crippen molar-refractivity contribution in [3.05, 3.63) is 35.9 Å². The van der Waals surface area contributed by atoms with Gasteiger partial charge in [-0.25, -0.2) is 0 Å². The highest BCUT2D eigenvalue weighted by Gasteiger charge is 2.19. The van der Waals surface area contributed by atoms with Gasteiger partial charge in [-0.15, -0.1) is 0 Å². The van der Waals surface area contributed by atoms with E-state index < -0.39 is 0 Å². The molecule has 0 aliphatic rings. The van der Waals surface area contributed by atoms with E-state index in [2.05, 4.69) is 17.2 Å². The molecule has 0 amide bonds. The van der Waals surface area contributed by atoms with Crippen molar-refractivity contribution in [2.24, 2.45) is 7.05 Å². The van der Waals surface area contributed by atoms with Crippen LogP contribution in [-0.4, -0.2) is 16.9 Å². The van der Waals surface area contributed by atoms with Crippen molar-refractivity contribution < 1.29 is 4.74 Å². The summed E-state index contributed by atoms with van der Waals surface area (Å²) in [6, 6.07) is 10.1. The van der Waals surface area contributed by atoms with Crippen molar-refractivity contribution in [3.8, 4) is 11.3 Å². The summed E-state index contributed by atoms with van der Waals surface area (Å²) >= 11 is 0. The summed E-state index contributed by atoms with van der Waals surface area (Å²) in [5.41, 5.74) is 8.58. The number of nitrogens with two attached hydrogens (primary N) is 1. The van der Waals surface area contributed by atoms with E-state index in [0.29, 0.717) is 5.82 Å². The maximum atomic E-state index is 5.78. The van der Waals surface area contributed by atoms with Crippen LogP contribution in [0.3, 0.4) is 0 Å². The van der Waals surface area contributed by atoms with Crippen molar-refractivity contribution in [2.75, 3.05) is 12.8 Å². The zero-order valence-corrected chi connectivity index (χ0v) is 11.3. The number of hydrogen-bond acceptors (Lipinski definition) is 3. The standard InChI is InChI=1S/C14H19N3O/c1-14(2,18-4)11-7-5-10(6-8-11)12-9-13(15)17(3)16-12/h5-9H,15H2,1-4H3. The molecule has 0 spiro atoms. The predicted molar refractivity (Wildman–Crippen MR) is 73.1 cm³/mol. The van der Waals surface area contributed by atoms with Gasteiger partial charge in [-0.3, -0.25) is 4.68 Å². The molecule has 4 nitrogen and oxygen atoms in total. The molecule has 1 heterocycles. The quantitative estimate of drug-likeness (QED) is 0.904. The molecular weight excluding hydrogens is 226 g/mol. The van der Waals surface area contributed by atoms with E-state index in [4.69, 9.17) is 10.5 Å². The molecule has 1 aromatic heterocycles. The summed E-state index contributed by atoms with van der Waals surface area (Å²) in [5, 5.41) is 4.35. The van der Waals surface area contributed by atoms with Crippen molar-refractivity contribution in [3.63, 3.8) is 0 Å². The van der Waals surface area contributed by atoms with Gasteiger partial charge in [0.05, 0.1) is 11.3 Å². The fraction of sp³-hybridized carbons (Fsp3) is 0.357. The summed E-state index contributed by atoms with van der Waals surface area (Å²) in [5.74, 6) is 0.659. The third kappa shape index (κ3) is 2.24. The molecule has 0 fully saturated rings. The number of anilines is 1. The number of nitrogen functional groups attached to an aromatic ring is 1. The second-order valence-corrected chi connectivity index (χ2v) is 4.87. The van der Waals surface area contributed by atoms with Gasteiger partial charge >= 0.3 is 0 Å². The third-order valence-corrected chi connectivity index (χ3v) is 3.30. The predicted octanol–water partition coefficient (Wildman–Crippen LogP) is 2.55. The molecule has 2 N–H and O–H groups in total. The van der Waals surface area contributed by atoms with Gasteiger partial charge in [0.15, 0.2) is 0 Å². The molecule has 0 radical (unpaired) electrons. The van der Waals surface area contributed by atoms with E-state index in [1.54, 1.807) is 11.8 Å². The van der Waals surface area contributed by atoms with Crippen LogP contribution in [0.4, 0.5) is 5.82 Å². The lowest BCUT2D eigenvalue weighted by atomic mass is 9.96. The van der Waals surface area contributed by atoms with Crippen molar-refractivity contribution in [2.45, 2.75) is 19.4 Å². The smallest absolute Gasteiger partial charge is 0.121 e. The maximum Gasteiger partial charge on any atom is 0.121 e. The Labute approximate surface area is 107 Å². The second-order valence-electron chi connectivity index (χ2n) is 4.87. The lowest BCUT2D eigenvalue weighted by molar-refractivity contribution is 0.0192. The highest BCUT2D eigenvalue weighted by Crippen LogP contribution is 2.27. The fourth-order valence-corrected chi connectivity index (χ4v) is 1.78. The molecule has 18 heavy (non-hydrogen) atoms.